The van der Waals surface area contributed by atoms with Crippen LogP contribution in [0.3, 0.4) is 0 Å². The maximum absolute atomic E-state index is 12.4. The van der Waals surface area contributed by atoms with Crippen molar-refractivity contribution in [3.05, 3.63) is 41.6 Å². The number of amides is 1. The third-order valence-electron chi connectivity index (χ3n) is 4.84. The first-order valence-electron chi connectivity index (χ1n) is 9.22. The number of rotatable bonds is 6. The quantitative estimate of drug-likeness (QED) is 0.720. The molecule has 8 heteroatoms. The Balaban J connectivity index is 1.61. The lowest BCUT2D eigenvalue weighted by molar-refractivity contribution is 0.0938. The molecule has 3 heterocycles. The minimum atomic E-state index is -0.129. The predicted molar refractivity (Wildman–Crippen MR) is 98.6 cm³/mol. The SMILES string of the molecule is CCC(C)NC(=O)c1cnn(-c2cc(-c3nc(C4CC4)no3)ccn2)c1C. The van der Waals surface area contributed by atoms with Gasteiger partial charge in [0.25, 0.3) is 11.8 Å². The first-order chi connectivity index (χ1) is 13.1. The number of nitrogens with zero attached hydrogens (tertiary/aromatic N) is 5. The summed E-state index contributed by atoms with van der Waals surface area (Å²) in [7, 11) is 0. The Morgan fingerprint density at radius 3 is 3.00 bits per heavy atom. The van der Waals surface area contributed by atoms with E-state index in [1.165, 1.54) is 0 Å². The minimum Gasteiger partial charge on any atom is -0.349 e. The van der Waals surface area contributed by atoms with Gasteiger partial charge in [-0.1, -0.05) is 12.1 Å². The number of hydrogen-bond donors (Lipinski definition) is 1. The molecule has 27 heavy (non-hydrogen) atoms. The van der Waals surface area contributed by atoms with Crippen LogP contribution in [0.4, 0.5) is 0 Å². The average molecular weight is 366 g/mol. The summed E-state index contributed by atoms with van der Waals surface area (Å²) in [6, 6.07) is 3.77. The number of hydrogen-bond acceptors (Lipinski definition) is 6. The van der Waals surface area contributed by atoms with Crippen molar-refractivity contribution in [3.63, 3.8) is 0 Å². The van der Waals surface area contributed by atoms with E-state index in [0.29, 0.717) is 23.2 Å². The zero-order chi connectivity index (χ0) is 19.0. The maximum Gasteiger partial charge on any atom is 0.258 e. The van der Waals surface area contributed by atoms with Gasteiger partial charge in [0.2, 0.25) is 0 Å². The molecule has 0 bridgehead atoms. The van der Waals surface area contributed by atoms with Gasteiger partial charge >= 0.3 is 0 Å². The summed E-state index contributed by atoms with van der Waals surface area (Å²) in [5.74, 6) is 2.14. The molecule has 8 nitrogen and oxygen atoms in total. The van der Waals surface area contributed by atoms with Gasteiger partial charge in [-0.05, 0) is 45.2 Å². The zero-order valence-corrected chi connectivity index (χ0v) is 15.6. The number of aromatic nitrogens is 5. The topological polar surface area (TPSA) is 98.7 Å². The van der Waals surface area contributed by atoms with Crippen LogP contribution in [0.5, 0.6) is 0 Å². The highest BCUT2D eigenvalue weighted by molar-refractivity contribution is 5.95. The summed E-state index contributed by atoms with van der Waals surface area (Å²) >= 11 is 0. The van der Waals surface area contributed by atoms with Gasteiger partial charge in [-0.15, -0.1) is 0 Å². The molecule has 1 unspecified atom stereocenters. The van der Waals surface area contributed by atoms with Crippen molar-refractivity contribution < 1.29 is 9.32 Å². The van der Waals surface area contributed by atoms with Crippen LogP contribution in [0.25, 0.3) is 17.3 Å². The smallest absolute Gasteiger partial charge is 0.258 e. The monoisotopic (exact) mass is 366 g/mol. The summed E-state index contributed by atoms with van der Waals surface area (Å²) in [6.45, 7) is 5.86. The molecule has 1 fully saturated rings. The van der Waals surface area contributed by atoms with Crippen LogP contribution >= 0.6 is 0 Å². The average Bonchev–Trinajstić information content (AvgIpc) is 3.27. The van der Waals surface area contributed by atoms with Crippen molar-refractivity contribution in [2.45, 2.75) is 52.0 Å². The van der Waals surface area contributed by atoms with E-state index in [1.807, 2.05) is 32.9 Å². The lowest BCUT2D eigenvalue weighted by Gasteiger charge is -2.11. The molecule has 1 aliphatic rings. The first kappa shape index (κ1) is 17.4. The Bertz CT molecular complexity index is 972. The number of pyridine rings is 1. The van der Waals surface area contributed by atoms with Crippen molar-refractivity contribution >= 4 is 5.91 Å². The fraction of sp³-hybridized carbons (Fsp3) is 0.421. The van der Waals surface area contributed by atoms with Gasteiger partial charge in [0.1, 0.15) is 0 Å². The number of nitrogens with one attached hydrogen (secondary N) is 1. The summed E-state index contributed by atoms with van der Waals surface area (Å²) in [5.41, 5.74) is 2.04. The Hall–Kier alpha value is -3.03. The molecule has 3 aromatic rings. The second kappa shape index (κ2) is 6.94. The first-order valence-corrected chi connectivity index (χ1v) is 9.22. The van der Waals surface area contributed by atoms with Crippen molar-refractivity contribution in [1.29, 1.82) is 0 Å². The van der Waals surface area contributed by atoms with Gasteiger partial charge < -0.3 is 9.84 Å². The lowest BCUT2D eigenvalue weighted by atomic mass is 10.2. The van der Waals surface area contributed by atoms with Crippen molar-refractivity contribution in [2.75, 3.05) is 0 Å². The van der Waals surface area contributed by atoms with Gasteiger partial charge in [0.15, 0.2) is 11.6 Å². The maximum atomic E-state index is 12.4. The van der Waals surface area contributed by atoms with Crippen LogP contribution in [-0.4, -0.2) is 36.9 Å². The van der Waals surface area contributed by atoms with E-state index in [4.69, 9.17) is 4.52 Å². The van der Waals surface area contributed by atoms with Gasteiger partial charge in [0.05, 0.1) is 17.5 Å². The lowest BCUT2D eigenvalue weighted by Crippen LogP contribution is -2.32. The van der Waals surface area contributed by atoms with E-state index in [2.05, 4.69) is 25.5 Å². The molecule has 1 aliphatic carbocycles. The Kier molecular flexibility index (Phi) is 4.47. The van der Waals surface area contributed by atoms with Gasteiger partial charge in [-0.2, -0.15) is 10.1 Å². The number of carbonyl (C=O) groups is 1. The molecule has 1 atom stereocenters. The second-order valence-corrected chi connectivity index (χ2v) is 6.97. The standard InChI is InChI=1S/C19H22N6O2/c1-4-11(2)22-18(26)15-10-21-25(12(15)3)16-9-14(7-8-20-16)19-23-17(24-27-19)13-5-6-13/h7-11,13H,4-6H2,1-3H3,(H,22,26). The highest BCUT2D eigenvalue weighted by atomic mass is 16.5. The van der Waals surface area contributed by atoms with E-state index >= 15 is 0 Å². The molecule has 0 spiro atoms. The molecule has 0 radical (unpaired) electrons. The van der Waals surface area contributed by atoms with Crippen LogP contribution in [0.15, 0.2) is 29.0 Å². The number of carbonyl (C=O) groups excluding carboxylic acids is 1. The molecular weight excluding hydrogens is 344 g/mol. The minimum absolute atomic E-state index is 0.111. The highest BCUT2D eigenvalue weighted by Crippen LogP contribution is 2.38. The molecule has 4 rings (SSSR count). The van der Waals surface area contributed by atoms with Gasteiger partial charge in [0, 0.05) is 23.7 Å². The normalized spacial score (nSPS) is 14.9. The Morgan fingerprint density at radius 2 is 2.26 bits per heavy atom. The molecule has 1 saturated carbocycles. The summed E-state index contributed by atoms with van der Waals surface area (Å²) in [4.78, 5) is 21.3. The summed E-state index contributed by atoms with van der Waals surface area (Å²) in [5, 5.41) is 11.4. The fourth-order valence-corrected chi connectivity index (χ4v) is 2.79. The molecular formula is C19H22N6O2. The molecule has 0 aromatic carbocycles. The fourth-order valence-electron chi connectivity index (χ4n) is 2.79. The van der Waals surface area contributed by atoms with Gasteiger partial charge in [-0.25, -0.2) is 9.67 Å². The van der Waals surface area contributed by atoms with E-state index in [-0.39, 0.29) is 11.9 Å². The van der Waals surface area contributed by atoms with E-state index in [1.54, 1.807) is 17.1 Å². The Morgan fingerprint density at radius 1 is 1.44 bits per heavy atom. The van der Waals surface area contributed by atoms with Crippen molar-refractivity contribution in [1.82, 2.24) is 30.2 Å². The molecule has 1 amide bonds. The largest absolute Gasteiger partial charge is 0.349 e. The van der Waals surface area contributed by atoms with E-state index in [9.17, 15) is 4.79 Å². The van der Waals surface area contributed by atoms with Crippen LogP contribution in [0, 0.1) is 6.92 Å². The van der Waals surface area contributed by atoms with Crippen molar-refractivity contribution in [2.24, 2.45) is 0 Å². The van der Waals surface area contributed by atoms with Crippen LogP contribution in [-0.2, 0) is 0 Å². The zero-order valence-electron chi connectivity index (χ0n) is 15.6. The molecule has 1 N–H and O–H groups in total. The van der Waals surface area contributed by atoms with Crippen molar-refractivity contribution in [3.8, 4) is 17.3 Å². The van der Waals surface area contributed by atoms with Crippen LogP contribution in [0.1, 0.15) is 60.9 Å². The van der Waals surface area contributed by atoms with Crippen LogP contribution < -0.4 is 5.32 Å². The molecule has 0 saturated heterocycles. The summed E-state index contributed by atoms with van der Waals surface area (Å²) < 4.78 is 7.04. The predicted octanol–water partition coefficient (Wildman–Crippen LogP) is 3.03. The third-order valence-corrected chi connectivity index (χ3v) is 4.84. The molecule has 0 aliphatic heterocycles. The third kappa shape index (κ3) is 3.47. The Labute approximate surface area is 157 Å². The van der Waals surface area contributed by atoms with E-state index in [0.717, 1.165) is 36.3 Å². The van der Waals surface area contributed by atoms with Gasteiger partial charge in [-0.3, -0.25) is 4.79 Å². The molecule has 140 valence electrons. The second-order valence-electron chi connectivity index (χ2n) is 6.97. The van der Waals surface area contributed by atoms with E-state index < -0.39 is 0 Å². The summed E-state index contributed by atoms with van der Waals surface area (Å²) in [6.07, 6.45) is 6.35. The highest BCUT2D eigenvalue weighted by Gasteiger charge is 2.29. The van der Waals surface area contributed by atoms with Crippen LogP contribution in [0.2, 0.25) is 0 Å². The molecule has 3 aromatic heterocycles.